The Hall–Kier alpha value is -2.08. The minimum absolute atomic E-state index is 0.392. The fourth-order valence-electron chi connectivity index (χ4n) is 1.48. The van der Waals surface area contributed by atoms with Gasteiger partial charge in [-0.3, -0.25) is 5.43 Å². The van der Waals surface area contributed by atoms with Crippen LogP contribution in [0.15, 0.2) is 22.6 Å². The van der Waals surface area contributed by atoms with Gasteiger partial charge in [0.25, 0.3) is 0 Å². The number of nitrogens with two attached hydrogens (primary N) is 1. The summed E-state index contributed by atoms with van der Waals surface area (Å²) in [5.41, 5.74) is 3.26. The Morgan fingerprint density at radius 2 is 2.12 bits per heavy atom. The summed E-state index contributed by atoms with van der Waals surface area (Å²) in [4.78, 5) is 8.27. The summed E-state index contributed by atoms with van der Waals surface area (Å²) in [5, 5.41) is 3.15. The van der Waals surface area contributed by atoms with Gasteiger partial charge in [-0.25, -0.2) is 10.8 Å². The summed E-state index contributed by atoms with van der Waals surface area (Å²) in [7, 11) is 0. The number of nitrogens with zero attached hydrogens (tertiary/aromatic N) is 2. The zero-order chi connectivity index (χ0) is 12.3. The summed E-state index contributed by atoms with van der Waals surface area (Å²) in [6.07, 6.45) is 0. The van der Waals surface area contributed by atoms with E-state index in [9.17, 15) is 0 Å². The van der Waals surface area contributed by atoms with Gasteiger partial charge >= 0.3 is 0 Å². The van der Waals surface area contributed by atoms with Crippen LogP contribution in [0.2, 0.25) is 0 Å². The smallest absolute Gasteiger partial charge is 0.239 e. The number of hydrogen-bond acceptors (Lipinski definition) is 6. The predicted octanol–water partition coefficient (Wildman–Crippen LogP) is 1.58. The maximum atomic E-state index is 5.45. The van der Waals surface area contributed by atoms with E-state index in [1.165, 1.54) is 0 Å². The maximum absolute atomic E-state index is 5.45. The molecule has 0 aliphatic rings. The van der Waals surface area contributed by atoms with Crippen molar-refractivity contribution in [2.24, 2.45) is 5.84 Å². The molecule has 0 bridgehead atoms. The van der Waals surface area contributed by atoms with Crippen LogP contribution < -0.4 is 16.6 Å². The van der Waals surface area contributed by atoms with Crippen molar-refractivity contribution in [2.45, 2.75) is 20.4 Å². The minimum Gasteiger partial charge on any atom is -0.465 e. The highest BCUT2D eigenvalue weighted by molar-refractivity contribution is 5.41. The third-order valence-electron chi connectivity index (χ3n) is 2.22. The lowest BCUT2D eigenvalue weighted by molar-refractivity contribution is 0.490. The number of anilines is 2. The van der Waals surface area contributed by atoms with Gasteiger partial charge in [-0.2, -0.15) is 4.98 Å². The van der Waals surface area contributed by atoms with Crippen LogP contribution in [0.4, 0.5) is 11.8 Å². The van der Waals surface area contributed by atoms with Gasteiger partial charge in [0, 0.05) is 11.8 Å². The van der Waals surface area contributed by atoms with Gasteiger partial charge in [0.05, 0.1) is 6.54 Å². The van der Waals surface area contributed by atoms with Crippen molar-refractivity contribution < 1.29 is 4.42 Å². The van der Waals surface area contributed by atoms with E-state index >= 15 is 0 Å². The van der Waals surface area contributed by atoms with Crippen LogP contribution in [0.3, 0.4) is 0 Å². The van der Waals surface area contributed by atoms with Gasteiger partial charge in [-0.1, -0.05) is 0 Å². The second-order valence-electron chi connectivity index (χ2n) is 3.73. The molecule has 17 heavy (non-hydrogen) atoms. The molecule has 2 heterocycles. The number of nitrogens with one attached hydrogen (secondary N) is 2. The number of rotatable bonds is 4. The van der Waals surface area contributed by atoms with Crippen molar-refractivity contribution in [1.29, 1.82) is 0 Å². The normalized spacial score (nSPS) is 10.3. The molecule has 2 aromatic heterocycles. The van der Waals surface area contributed by atoms with Gasteiger partial charge in [0.15, 0.2) is 0 Å². The molecule has 0 aliphatic carbocycles. The average molecular weight is 233 g/mol. The van der Waals surface area contributed by atoms with E-state index in [0.29, 0.717) is 18.3 Å². The quantitative estimate of drug-likeness (QED) is 0.549. The third-order valence-corrected chi connectivity index (χ3v) is 2.22. The monoisotopic (exact) mass is 233 g/mol. The number of hydrogen-bond donors (Lipinski definition) is 3. The Balaban J connectivity index is 2.05. The Labute approximate surface area is 99.2 Å². The highest BCUT2D eigenvalue weighted by Gasteiger charge is 2.02. The number of furan rings is 1. The zero-order valence-electron chi connectivity index (χ0n) is 9.82. The van der Waals surface area contributed by atoms with E-state index < -0.39 is 0 Å². The molecule has 2 aromatic rings. The fraction of sp³-hybridized carbons (Fsp3) is 0.273. The average Bonchev–Trinajstić information content (AvgIpc) is 2.72. The molecule has 6 heteroatoms. The van der Waals surface area contributed by atoms with E-state index in [4.69, 9.17) is 10.3 Å². The van der Waals surface area contributed by atoms with Crippen molar-refractivity contribution in [3.05, 3.63) is 35.4 Å². The molecule has 0 saturated carbocycles. The molecule has 90 valence electrons. The second-order valence-corrected chi connectivity index (χ2v) is 3.73. The lowest BCUT2D eigenvalue weighted by Crippen LogP contribution is -2.12. The van der Waals surface area contributed by atoms with E-state index in [0.717, 1.165) is 17.2 Å². The SMILES string of the molecule is Cc1cc(NCc2ccc(C)o2)nc(NN)n1. The Kier molecular flexibility index (Phi) is 3.24. The van der Waals surface area contributed by atoms with Crippen molar-refractivity contribution in [1.82, 2.24) is 9.97 Å². The Bertz CT molecular complexity index is 508. The van der Waals surface area contributed by atoms with Crippen LogP contribution >= 0.6 is 0 Å². The van der Waals surface area contributed by atoms with Crippen molar-refractivity contribution in [3.8, 4) is 0 Å². The number of nitrogen functional groups attached to an aromatic ring is 1. The van der Waals surface area contributed by atoms with Crippen LogP contribution in [0.1, 0.15) is 17.2 Å². The molecule has 0 atom stereocenters. The summed E-state index contributed by atoms with van der Waals surface area (Å²) < 4.78 is 5.45. The summed E-state index contributed by atoms with van der Waals surface area (Å²) in [5.74, 6) is 8.13. The minimum atomic E-state index is 0.392. The first-order chi connectivity index (χ1) is 8.17. The molecular formula is C11H15N5O. The number of hydrazine groups is 1. The van der Waals surface area contributed by atoms with E-state index in [1.807, 2.05) is 32.0 Å². The topological polar surface area (TPSA) is 89.0 Å². The standard InChI is InChI=1S/C11H15N5O/c1-7-5-10(15-11(14-7)16-12)13-6-9-4-3-8(2)17-9/h3-5H,6,12H2,1-2H3,(H2,13,14,15,16). The fourth-order valence-corrected chi connectivity index (χ4v) is 1.48. The molecule has 0 aromatic carbocycles. The molecule has 0 aliphatic heterocycles. The van der Waals surface area contributed by atoms with Gasteiger partial charge in [0.1, 0.15) is 17.3 Å². The molecule has 2 rings (SSSR count). The van der Waals surface area contributed by atoms with Crippen molar-refractivity contribution in [3.63, 3.8) is 0 Å². The second kappa shape index (κ2) is 4.84. The van der Waals surface area contributed by atoms with Crippen LogP contribution in [-0.4, -0.2) is 9.97 Å². The molecule has 0 spiro atoms. The Morgan fingerprint density at radius 3 is 2.76 bits per heavy atom. The van der Waals surface area contributed by atoms with Crippen LogP contribution in [0.25, 0.3) is 0 Å². The Morgan fingerprint density at radius 1 is 1.29 bits per heavy atom. The lowest BCUT2D eigenvalue weighted by atomic mass is 10.4. The molecule has 0 amide bonds. The predicted molar refractivity (Wildman–Crippen MR) is 65.4 cm³/mol. The molecule has 0 saturated heterocycles. The van der Waals surface area contributed by atoms with Crippen LogP contribution in [0.5, 0.6) is 0 Å². The van der Waals surface area contributed by atoms with Crippen LogP contribution in [0, 0.1) is 13.8 Å². The molecule has 0 radical (unpaired) electrons. The third kappa shape index (κ3) is 2.94. The van der Waals surface area contributed by atoms with E-state index in [2.05, 4.69) is 20.7 Å². The van der Waals surface area contributed by atoms with Crippen molar-refractivity contribution in [2.75, 3.05) is 10.7 Å². The molecule has 6 nitrogen and oxygen atoms in total. The molecule has 4 N–H and O–H groups in total. The van der Waals surface area contributed by atoms with Gasteiger partial charge < -0.3 is 9.73 Å². The van der Waals surface area contributed by atoms with Gasteiger partial charge in [-0.15, -0.1) is 0 Å². The van der Waals surface area contributed by atoms with Gasteiger partial charge in [0.2, 0.25) is 5.95 Å². The largest absolute Gasteiger partial charge is 0.465 e. The first kappa shape index (κ1) is 11.4. The zero-order valence-corrected chi connectivity index (χ0v) is 9.82. The summed E-state index contributed by atoms with van der Waals surface area (Å²) in [6, 6.07) is 5.70. The van der Waals surface area contributed by atoms with Gasteiger partial charge in [-0.05, 0) is 26.0 Å². The highest BCUT2D eigenvalue weighted by Crippen LogP contribution is 2.12. The number of aromatic nitrogens is 2. The molecular weight excluding hydrogens is 218 g/mol. The number of aryl methyl sites for hydroxylation is 2. The molecule has 0 fully saturated rings. The van der Waals surface area contributed by atoms with Crippen molar-refractivity contribution >= 4 is 11.8 Å². The summed E-state index contributed by atoms with van der Waals surface area (Å²) >= 11 is 0. The lowest BCUT2D eigenvalue weighted by Gasteiger charge is -2.06. The van der Waals surface area contributed by atoms with Crippen LogP contribution in [-0.2, 0) is 6.54 Å². The molecule has 0 unspecified atom stereocenters. The first-order valence-corrected chi connectivity index (χ1v) is 5.29. The maximum Gasteiger partial charge on any atom is 0.239 e. The van der Waals surface area contributed by atoms with E-state index in [1.54, 1.807) is 0 Å². The summed E-state index contributed by atoms with van der Waals surface area (Å²) in [6.45, 7) is 4.37. The highest BCUT2D eigenvalue weighted by atomic mass is 16.3. The first-order valence-electron chi connectivity index (χ1n) is 5.29. The van der Waals surface area contributed by atoms with E-state index in [-0.39, 0.29) is 0 Å².